The topological polar surface area (TPSA) is 117 Å². The summed E-state index contributed by atoms with van der Waals surface area (Å²) in [7, 11) is 1.42. The van der Waals surface area contributed by atoms with E-state index in [4.69, 9.17) is 14.2 Å². The SMILES string of the molecule is C/C=C\C(=NC)C(=O)OC(C)OC(=O)Oc1ccc([N+](=O)[O-])cc1. The molecule has 0 heterocycles. The van der Waals surface area contributed by atoms with Gasteiger partial charge in [0, 0.05) is 26.1 Å². The van der Waals surface area contributed by atoms with Crippen LogP contribution >= 0.6 is 0 Å². The first-order valence-electron chi connectivity index (χ1n) is 6.80. The second-order valence-corrected chi connectivity index (χ2v) is 4.30. The Morgan fingerprint density at radius 3 is 2.38 bits per heavy atom. The molecule has 0 spiro atoms. The Balaban J connectivity index is 2.55. The number of benzene rings is 1. The van der Waals surface area contributed by atoms with Gasteiger partial charge in [-0.3, -0.25) is 15.1 Å². The van der Waals surface area contributed by atoms with E-state index in [2.05, 4.69) is 4.99 Å². The van der Waals surface area contributed by atoms with Crippen molar-refractivity contribution in [3.63, 3.8) is 0 Å². The van der Waals surface area contributed by atoms with Crippen LogP contribution in [-0.2, 0) is 14.3 Å². The first-order valence-corrected chi connectivity index (χ1v) is 6.80. The molecule has 0 radical (unpaired) electrons. The van der Waals surface area contributed by atoms with Crippen molar-refractivity contribution in [3.8, 4) is 5.75 Å². The lowest BCUT2D eigenvalue weighted by atomic mass is 10.3. The number of nitro groups is 1. The summed E-state index contributed by atoms with van der Waals surface area (Å²) in [6.45, 7) is 3.04. The predicted molar refractivity (Wildman–Crippen MR) is 83.9 cm³/mol. The van der Waals surface area contributed by atoms with E-state index in [1.165, 1.54) is 44.3 Å². The molecular formula is C15H16N2O7. The van der Waals surface area contributed by atoms with Crippen molar-refractivity contribution in [1.82, 2.24) is 0 Å². The first kappa shape index (κ1) is 18.8. The van der Waals surface area contributed by atoms with E-state index in [0.29, 0.717) is 0 Å². The van der Waals surface area contributed by atoms with Crippen molar-refractivity contribution < 1.29 is 28.7 Å². The maximum atomic E-state index is 11.7. The Morgan fingerprint density at radius 2 is 1.88 bits per heavy atom. The summed E-state index contributed by atoms with van der Waals surface area (Å²) >= 11 is 0. The summed E-state index contributed by atoms with van der Waals surface area (Å²) in [6, 6.07) is 4.83. The minimum Gasteiger partial charge on any atom is -0.421 e. The van der Waals surface area contributed by atoms with Crippen LogP contribution in [0.15, 0.2) is 41.4 Å². The Kier molecular flexibility index (Phi) is 7.08. The van der Waals surface area contributed by atoms with Crippen molar-refractivity contribution in [1.29, 1.82) is 0 Å². The maximum Gasteiger partial charge on any atom is 0.516 e. The smallest absolute Gasteiger partial charge is 0.421 e. The molecule has 0 amide bonds. The zero-order chi connectivity index (χ0) is 18.1. The third kappa shape index (κ3) is 5.87. The number of nitro benzene ring substituents is 1. The molecule has 1 aromatic rings. The van der Waals surface area contributed by atoms with E-state index >= 15 is 0 Å². The molecule has 9 heteroatoms. The van der Waals surface area contributed by atoms with Gasteiger partial charge in [0.2, 0.25) is 6.29 Å². The third-order valence-corrected chi connectivity index (χ3v) is 2.56. The molecule has 1 unspecified atom stereocenters. The molecule has 24 heavy (non-hydrogen) atoms. The molecule has 0 aliphatic heterocycles. The van der Waals surface area contributed by atoms with Crippen LogP contribution in [-0.4, -0.2) is 36.1 Å². The second-order valence-electron chi connectivity index (χ2n) is 4.30. The van der Waals surface area contributed by atoms with Gasteiger partial charge in [-0.15, -0.1) is 0 Å². The lowest BCUT2D eigenvalue weighted by Crippen LogP contribution is -2.26. The van der Waals surface area contributed by atoms with Gasteiger partial charge in [0.1, 0.15) is 11.5 Å². The van der Waals surface area contributed by atoms with Gasteiger partial charge < -0.3 is 14.2 Å². The number of allylic oxidation sites excluding steroid dienone is 1. The molecule has 0 fully saturated rings. The van der Waals surface area contributed by atoms with Gasteiger partial charge in [0.15, 0.2) is 0 Å². The Hall–Kier alpha value is -3.23. The van der Waals surface area contributed by atoms with Gasteiger partial charge in [-0.05, 0) is 25.1 Å². The fourth-order valence-corrected chi connectivity index (χ4v) is 1.52. The van der Waals surface area contributed by atoms with Crippen molar-refractivity contribution in [2.24, 2.45) is 4.99 Å². The average Bonchev–Trinajstić information content (AvgIpc) is 2.52. The number of carbonyl (C=O) groups is 2. The molecule has 9 nitrogen and oxygen atoms in total. The van der Waals surface area contributed by atoms with E-state index in [0.717, 1.165) is 0 Å². The summed E-state index contributed by atoms with van der Waals surface area (Å²) < 4.78 is 14.5. The van der Waals surface area contributed by atoms with Gasteiger partial charge in [-0.1, -0.05) is 6.08 Å². The Bertz CT molecular complexity index is 665. The minimum atomic E-state index is -1.20. The monoisotopic (exact) mass is 336 g/mol. The van der Waals surface area contributed by atoms with E-state index in [9.17, 15) is 19.7 Å². The molecule has 1 rings (SSSR count). The van der Waals surface area contributed by atoms with Crippen LogP contribution in [0.3, 0.4) is 0 Å². The largest absolute Gasteiger partial charge is 0.516 e. The quantitative estimate of drug-likeness (QED) is 0.196. The minimum absolute atomic E-state index is 0.0499. The molecule has 0 saturated carbocycles. The van der Waals surface area contributed by atoms with Gasteiger partial charge in [0.05, 0.1) is 4.92 Å². The summed E-state index contributed by atoms with van der Waals surface area (Å²) in [5.74, 6) is -0.708. The normalized spacial score (nSPS) is 12.5. The van der Waals surface area contributed by atoms with E-state index in [1.54, 1.807) is 13.0 Å². The second kappa shape index (κ2) is 9.03. The summed E-state index contributed by atoms with van der Waals surface area (Å²) in [5.41, 5.74) is -0.0786. The maximum absolute atomic E-state index is 11.7. The van der Waals surface area contributed by atoms with Crippen LogP contribution < -0.4 is 4.74 Å². The third-order valence-electron chi connectivity index (χ3n) is 2.56. The molecule has 0 saturated heterocycles. The number of aliphatic imine (C=N–C) groups is 1. The van der Waals surface area contributed by atoms with Gasteiger partial charge in [-0.2, -0.15) is 0 Å². The van der Waals surface area contributed by atoms with Crippen LogP contribution in [0.2, 0.25) is 0 Å². The Morgan fingerprint density at radius 1 is 1.25 bits per heavy atom. The van der Waals surface area contributed by atoms with Crippen molar-refractivity contribution in [2.75, 3.05) is 7.05 Å². The van der Waals surface area contributed by atoms with Crippen LogP contribution in [0.4, 0.5) is 10.5 Å². The molecular weight excluding hydrogens is 320 g/mol. The lowest BCUT2D eigenvalue weighted by molar-refractivity contribution is -0.384. The predicted octanol–water partition coefficient (Wildman–Crippen LogP) is 2.65. The fraction of sp³-hybridized carbons (Fsp3) is 0.267. The number of rotatable bonds is 6. The fourth-order valence-electron chi connectivity index (χ4n) is 1.52. The number of nitrogens with zero attached hydrogens (tertiary/aromatic N) is 2. The van der Waals surface area contributed by atoms with Crippen LogP contribution in [0.25, 0.3) is 0 Å². The van der Waals surface area contributed by atoms with E-state index in [-0.39, 0.29) is 17.1 Å². The highest BCUT2D eigenvalue weighted by molar-refractivity contribution is 6.41. The number of non-ortho nitro benzene ring substituents is 1. The zero-order valence-corrected chi connectivity index (χ0v) is 13.3. The molecule has 0 N–H and O–H groups in total. The molecule has 0 bridgehead atoms. The van der Waals surface area contributed by atoms with E-state index < -0.39 is 23.3 Å². The summed E-state index contributed by atoms with van der Waals surface area (Å²) in [6.07, 6.45) is 0.734. The van der Waals surface area contributed by atoms with Gasteiger partial charge >= 0.3 is 12.1 Å². The highest BCUT2D eigenvalue weighted by atomic mass is 16.8. The first-order chi connectivity index (χ1) is 11.4. The van der Waals surface area contributed by atoms with Gasteiger partial charge in [-0.25, -0.2) is 9.59 Å². The molecule has 0 aromatic heterocycles. The summed E-state index contributed by atoms with van der Waals surface area (Å²) in [5, 5.41) is 10.5. The zero-order valence-electron chi connectivity index (χ0n) is 13.3. The number of ether oxygens (including phenoxy) is 3. The highest BCUT2D eigenvalue weighted by Crippen LogP contribution is 2.17. The van der Waals surface area contributed by atoms with E-state index in [1.807, 2.05) is 0 Å². The van der Waals surface area contributed by atoms with Crippen LogP contribution in [0.5, 0.6) is 5.75 Å². The van der Waals surface area contributed by atoms with Crippen LogP contribution in [0, 0.1) is 10.1 Å². The molecule has 0 aliphatic carbocycles. The Labute approximate surface area is 137 Å². The molecule has 128 valence electrons. The lowest BCUT2D eigenvalue weighted by Gasteiger charge is -2.13. The standard InChI is InChI=1S/C15H16N2O7/c1-4-5-13(16-3)14(18)22-10(2)23-15(19)24-12-8-6-11(7-9-12)17(20)21/h4-10H,1-3H3/b5-4-,16-13?. The molecule has 1 aromatic carbocycles. The highest BCUT2D eigenvalue weighted by Gasteiger charge is 2.18. The number of hydrogen-bond acceptors (Lipinski definition) is 8. The number of hydrogen-bond donors (Lipinski definition) is 0. The van der Waals surface area contributed by atoms with Gasteiger partial charge in [0.25, 0.3) is 5.69 Å². The number of esters is 1. The van der Waals surface area contributed by atoms with Crippen molar-refractivity contribution >= 4 is 23.5 Å². The molecule has 1 atom stereocenters. The average molecular weight is 336 g/mol. The summed E-state index contributed by atoms with van der Waals surface area (Å²) in [4.78, 5) is 37.0. The van der Waals surface area contributed by atoms with Crippen LogP contribution in [0.1, 0.15) is 13.8 Å². The van der Waals surface area contributed by atoms with Crippen molar-refractivity contribution in [2.45, 2.75) is 20.1 Å². The number of carbonyl (C=O) groups excluding carboxylic acids is 2. The van der Waals surface area contributed by atoms with Crippen molar-refractivity contribution in [3.05, 3.63) is 46.5 Å². The molecule has 0 aliphatic rings.